The molecule has 3 nitrogen and oxygen atoms in total. The van der Waals surface area contributed by atoms with Crippen molar-refractivity contribution >= 4 is 22.9 Å². The highest BCUT2D eigenvalue weighted by atomic mass is 35.5. The molecule has 1 aromatic heterocycles. The summed E-state index contributed by atoms with van der Waals surface area (Å²) >= 11 is 7.55. The zero-order chi connectivity index (χ0) is 16.0. The molecule has 0 aliphatic rings. The van der Waals surface area contributed by atoms with E-state index < -0.39 is 0 Å². The first-order chi connectivity index (χ1) is 10.5. The van der Waals surface area contributed by atoms with Gasteiger partial charge in [-0.05, 0) is 35.7 Å². The van der Waals surface area contributed by atoms with E-state index in [1.165, 1.54) is 4.88 Å². The zero-order valence-electron chi connectivity index (χ0n) is 12.9. The average Bonchev–Trinajstić information content (AvgIpc) is 3.02. The summed E-state index contributed by atoms with van der Waals surface area (Å²) in [6.07, 6.45) is 0. The predicted octanol–water partition coefficient (Wildman–Crippen LogP) is 4.13. The smallest absolute Gasteiger partial charge is 0.119 e. The Morgan fingerprint density at radius 3 is 2.59 bits per heavy atom. The van der Waals surface area contributed by atoms with Crippen LogP contribution in [0.5, 0.6) is 5.75 Å². The largest absolute Gasteiger partial charge is 0.492 e. The molecule has 5 heteroatoms. The van der Waals surface area contributed by atoms with Crippen LogP contribution >= 0.6 is 22.9 Å². The van der Waals surface area contributed by atoms with Crippen molar-refractivity contribution in [2.24, 2.45) is 5.41 Å². The van der Waals surface area contributed by atoms with E-state index >= 15 is 0 Å². The van der Waals surface area contributed by atoms with Gasteiger partial charge in [-0.3, -0.25) is 0 Å². The summed E-state index contributed by atoms with van der Waals surface area (Å²) in [5.74, 6) is 0.806. The molecule has 0 radical (unpaired) electrons. The Kier molecular flexibility index (Phi) is 6.26. The van der Waals surface area contributed by atoms with Gasteiger partial charge < -0.3 is 15.2 Å². The lowest BCUT2D eigenvalue weighted by molar-refractivity contribution is 0.114. The number of benzene rings is 1. The summed E-state index contributed by atoms with van der Waals surface area (Å²) in [6.45, 7) is 5.51. The van der Waals surface area contributed by atoms with Crippen molar-refractivity contribution in [3.63, 3.8) is 0 Å². The number of aliphatic hydroxyl groups is 1. The molecule has 2 rings (SSSR count). The zero-order valence-corrected chi connectivity index (χ0v) is 14.5. The third-order valence-electron chi connectivity index (χ3n) is 3.55. The van der Waals surface area contributed by atoms with Crippen molar-refractivity contribution in [3.8, 4) is 5.75 Å². The number of ether oxygens (including phenoxy) is 1. The summed E-state index contributed by atoms with van der Waals surface area (Å²) < 4.78 is 5.69. The quantitative estimate of drug-likeness (QED) is 0.710. The summed E-state index contributed by atoms with van der Waals surface area (Å²) in [7, 11) is 0. The van der Waals surface area contributed by atoms with Crippen LogP contribution < -0.4 is 10.1 Å². The van der Waals surface area contributed by atoms with E-state index in [-0.39, 0.29) is 18.1 Å². The van der Waals surface area contributed by atoms with Gasteiger partial charge in [-0.25, -0.2) is 0 Å². The Hall–Kier alpha value is -1.07. The van der Waals surface area contributed by atoms with Crippen LogP contribution in [0.2, 0.25) is 5.02 Å². The number of nitrogens with one attached hydrogen (secondary N) is 1. The normalized spacial score (nSPS) is 13.1. The Labute approximate surface area is 140 Å². The summed E-state index contributed by atoms with van der Waals surface area (Å²) in [4.78, 5) is 1.23. The van der Waals surface area contributed by atoms with Crippen LogP contribution in [-0.4, -0.2) is 24.9 Å². The minimum Gasteiger partial charge on any atom is -0.492 e. The third kappa shape index (κ3) is 4.71. The lowest BCUT2D eigenvalue weighted by Crippen LogP contribution is -2.38. The van der Waals surface area contributed by atoms with Gasteiger partial charge in [0.1, 0.15) is 12.4 Å². The van der Waals surface area contributed by atoms with Gasteiger partial charge in [-0.15, -0.1) is 11.3 Å². The van der Waals surface area contributed by atoms with Crippen molar-refractivity contribution in [1.82, 2.24) is 5.32 Å². The highest BCUT2D eigenvalue weighted by molar-refractivity contribution is 7.10. The van der Waals surface area contributed by atoms with Crippen molar-refractivity contribution in [3.05, 3.63) is 51.7 Å². The van der Waals surface area contributed by atoms with E-state index in [0.717, 1.165) is 5.75 Å². The number of hydrogen-bond donors (Lipinski definition) is 2. The van der Waals surface area contributed by atoms with Gasteiger partial charge in [0.2, 0.25) is 0 Å². The molecule has 2 aromatic rings. The lowest BCUT2D eigenvalue weighted by Gasteiger charge is -2.33. The second-order valence-corrected chi connectivity index (χ2v) is 7.27. The van der Waals surface area contributed by atoms with Gasteiger partial charge in [0.25, 0.3) is 0 Å². The van der Waals surface area contributed by atoms with E-state index in [1.54, 1.807) is 11.3 Å². The van der Waals surface area contributed by atoms with Gasteiger partial charge in [0.15, 0.2) is 0 Å². The van der Waals surface area contributed by atoms with Crippen LogP contribution in [0.15, 0.2) is 41.8 Å². The first kappa shape index (κ1) is 17.3. The lowest BCUT2D eigenvalue weighted by atomic mass is 9.84. The highest BCUT2D eigenvalue weighted by Gasteiger charge is 2.30. The van der Waals surface area contributed by atoms with Gasteiger partial charge in [0.05, 0.1) is 6.61 Å². The van der Waals surface area contributed by atoms with Gasteiger partial charge in [-0.1, -0.05) is 31.5 Å². The maximum absolute atomic E-state index is 9.64. The van der Waals surface area contributed by atoms with Gasteiger partial charge >= 0.3 is 0 Å². The van der Waals surface area contributed by atoms with Crippen molar-refractivity contribution in [1.29, 1.82) is 0 Å². The van der Waals surface area contributed by atoms with Crippen LogP contribution in [0.3, 0.4) is 0 Å². The Bertz CT molecular complexity index is 555. The number of aliphatic hydroxyl groups excluding tert-OH is 1. The standard InChI is InChI=1S/C17H22ClNO2S/c1-17(2,12-20)16(15-4-3-11-22-15)19-9-10-21-14-7-5-13(18)6-8-14/h3-8,11,16,19-20H,9-10,12H2,1-2H3/t16-/m1/s1. The van der Waals surface area contributed by atoms with Crippen LogP contribution in [0.4, 0.5) is 0 Å². The molecular weight excluding hydrogens is 318 g/mol. The number of rotatable bonds is 8. The molecule has 0 aliphatic carbocycles. The second kappa shape index (κ2) is 7.97. The van der Waals surface area contributed by atoms with Crippen LogP contribution in [-0.2, 0) is 0 Å². The molecule has 2 N–H and O–H groups in total. The van der Waals surface area contributed by atoms with Gasteiger partial charge in [-0.2, -0.15) is 0 Å². The van der Waals surface area contributed by atoms with Crippen molar-refractivity contribution in [2.75, 3.05) is 19.8 Å². The first-order valence-corrected chi connectivity index (χ1v) is 8.55. The SMILES string of the molecule is CC(C)(CO)[C@H](NCCOc1ccc(Cl)cc1)c1cccs1. The number of hydrogen-bond acceptors (Lipinski definition) is 4. The molecule has 0 aliphatic heterocycles. The Balaban J connectivity index is 1.88. The summed E-state index contributed by atoms with van der Waals surface area (Å²) in [6, 6.07) is 11.6. The molecule has 0 unspecified atom stereocenters. The summed E-state index contributed by atoms with van der Waals surface area (Å²) in [5.41, 5.74) is -0.231. The predicted molar refractivity (Wildman–Crippen MR) is 92.9 cm³/mol. The van der Waals surface area contributed by atoms with Crippen LogP contribution in [0, 0.1) is 5.41 Å². The fourth-order valence-electron chi connectivity index (χ4n) is 2.21. The molecule has 0 fully saturated rings. The molecule has 0 amide bonds. The second-order valence-electron chi connectivity index (χ2n) is 5.85. The van der Waals surface area contributed by atoms with E-state index in [0.29, 0.717) is 18.2 Å². The number of thiophene rings is 1. The molecule has 0 saturated carbocycles. The summed E-state index contributed by atoms with van der Waals surface area (Å²) in [5, 5.41) is 15.9. The Morgan fingerprint density at radius 2 is 2.00 bits per heavy atom. The molecule has 1 heterocycles. The number of halogens is 1. The molecular formula is C17H22ClNO2S. The van der Waals surface area contributed by atoms with Crippen LogP contribution in [0.25, 0.3) is 0 Å². The maximum Gasteiger partial charge on any atom is 0.119 e. The minimum absolute atomic E-state index is 0.103. The maximum atomic E-state index is 9.64. The third-order valence-corrected chi connectivity index (χ3v) is 4.74. The Morgan fingerprint density at radius 1 is 1.27 bits per heavy atom. The average molecular weight is 340 g/mol. The first-order valence-electron chi connectivity index (χ1n) is 7.29. The molecule has 0 spiro atoms. The van der Waals surface area contributed by atoms with E-state index in [9.17, 15) is 5.11 Å². The highest BCUT2D eigenvalue weighted by Crippen LogP contribution is 2.35. The topological polar surface area (TPSA) is 41.5 Å². The fourth-order valence-corrected chi connectivity index (χ4v) is 3.35. The van der Waals surface area contributed by atoms with Crippen LogP contribution in [0.1, 0.15) is 24.8 Å². The molecule has 120 valence electrons. The fraction of sp³-hybridized carbons (Fsp3) is 0.412. The molecule has 1 atom stereocenters. The molecule has 0 bridgehead atoms. The van der Waals surface area contributed by atoms with Gasteiger partial charge in [0, 0.05) is 27.9 Å². The van der Waals surface area contributed by atoms with E-state index in [2.05, 4.69) is 30.6 Å². The van der Waals surface area contributed by atoms with Crippen molar-refractivity contribution < 1.29 is 9.84 Å². The molecule has 22 heavy (non-hydrogen) atoms. The molecule has 0 saturated heterocycles. The van der Waals surface area contributed by atoms with E-state index in [4.69, 9.17) is 16.3 Å². The monoisotopic (exact) mass is 339 g/mol. The minimum atomic E-state index is -0.231. The van der Waals surface area contributed by atoms with E-state index in [1.807, 2.05) is 30.3 Å². The molecule has 1 aromatic carbocycles. The van der Waals surface area contributed by atoms with Crippen molar-refractivity contribution in [2.45, 2.75) is 19.9 Å².